The van der Waals surface area contributed by atoms with Gasteiger partial charge in [0.1, 0.15) is 6.04 Å². The Balaban J connectivity index is 2.08. The van der Waals surface area contributed by atoms with Crippen LogP contribution in [0.1, 0.15) is 41.0 Å². The van der Waals surface area contributed by atoms with E-state index in [-0.39, 0.29) is 17.4 Å². The van der Waals surface area contributed by atoms with Crippen molar-refractivity contribution in [2.24, 2.45) is 5.92 Å². The average Bonchev–Trinajstić information content (AvgIpc) is 3.06. The number of thiazole rings is 1. The van der Waals surface area contributed by atoms with E-state index in [2.05, 4.69) is 15.6 Å². The van der Waals surface area contributed by atoms with Gasteiger partial charge in [0.05, 0.1) is 5.56 Å². The fourth-order valence-electron chi connectivity index (χ4n) is 2.19. The van der Waals surface area contributed by atoms with Crippen LogP contribution < -0.4 is 10.6 Å². The Morgan fingerprint density at radius 2 is 1.80 bits per heavy atom. The second-order valence-corrected chi connectivity index (χ2v) is 6.76. The second kappa shape index (κ2) is 8.39. The Morgan fingerprint density at radius 3 is 2.32 bits per heavy atom. The largest absolute Gasteiger partial charge is 0.478 e. The molecule has 0 radical (unpaired) electrons. The number of carboxylic acids is 1. The molecule has 0 bridgehead atoms. The summed E-state index contributed by atoms with van der Waals surface area (Å²) in [4.78, 5) is 39.7. The van der Waals surface area contributed by atoms with Crippen molar-refractivity contribution in [3.63, 3.8) is 0 Å². The Kier molecular flexibility index (Phi) is 6.24. The lowest BCUT2D eigenvalue weighted by Gasteiger charge is -2.19. The van der Waals surface area contributed by atoms with E-state index in [1.54, 1.807) is 11.6 Å². The van der Waals surface area contributed by atoms with Crippen molar-refractivity contribution in [2.45, 2.75) is 26.3 Å². The van der Waals surface area contributed by atoms with Crippen molar-refractivity contribution in [3.05, 3.63) is 47.0 Å². The van der Waals surface area contributed by atoms with E-state index >= 15 is 0 Å². The summed E-state index contributed by atoms with van der Waals surface area (Å²) >= 11 is 1.30. The SMILES string of the molecule is CC(C)CC(NC(=O)c1ccc(C(=O)O)cc1)C(=O)Nc1nccs1. The van der Waals surface area contributed by atoms with Gasteiger partial charge in [-0.2, -0.15) is 0 Å². The first kappa shape index (κ1) is 18.6. The van der Waals surface area contributed by atoms with Crippen LogP contribution in [0.2, 0.25) is 0 Å². The predicted molar refractivity (Wildman–Crippen MR) is 94.9 cm³/mol. The predicted octanol–water partition coefficient (Wildman–Crippen LogP) is 2.62. The van der Waals surface area contributed by atoms with Crippen LogP contribution in [-0.2, 0) is 4.79 Å². The van der Waals surface area contributed by atoms with Crippen LogP contribution >= 0.6 is 11.3 Å². The van der Waals surface area contributed by atoms with Crippen LogP contribution in [0.15, 0.2) is 35.8 Å². The minimum atomic E-state index is -1.06. The second-order valence-electron chi connectivity index (χ2n) is 5.86. The Bertz CT molecular complexity index is 742. The molecule has 1 unspecified atom stereocenters. The molecule has 1 atom stereocenters. The maximum atomic E-state index is 12.4. The number of rotatable bonds is 7. The molecule has 2 rings (SSSR count). The zero-order valence-electron chi connectivity index (χ0n) is 13.9. The monoisotopic (exact) mass is 361 g/mol. The normalized spacial score (nSPS) is 11.8. The van der Waals surface area contributed by atoms with E-state index in [0.717, 1.165) is 0 Å². The minimum absolute atomic E-state index is 0.0943. The van der Waals surface area contributed by atoms with Crippen molar-refractivity contribution in [1.29, 1.82) is 0 Å². The minimum Gasteiger partial charge on any atom is -0.478 e. The molecule has 0 spiro atoms. The number of nitrogens with zero attached hydrogens (tertiary/aromatic N) is 1. The topological polar surface area (TPSA) is 108 Å². The molecule has 7 nitrogen and oxygen atoms in total. The summed E-state index contributed by atoms with van der Waals surface area (Å²) in [6, 6.07) is 4.83. The average molecular weight is 361 g/mol. The smallest absolute Gasteiger partial charge is 0.335 e. The molecule has 0 aliphatic heterocycles. The van der Waals surface area contributed by atoms with E-state index in [1.807, 2.05) is 13.8 Å². The third-order valence-electron chi connectivity index (χ3n) is 3.39. The standard InChI is InChI=1S/C17H19N3O4S/c1-10(2)9-13(15(22)20-17-18-7-8-25-17)19-14(21)11-3-5-12(6-4-11)16(23)24/h3-8,10,13H,9H2,1-2H3,(H,19,21)(H,23,24)(H,18,20,22). The van der Waals surface area contributed by atoms with Crippen LogP contribution in [0.25, 0.3) is 0 Å². The van der Waals surface area contributed by atoms with Crippen LogP contribution in [0.3, 0.4) is 0 Å². The molecule has 1 heterocycles. The van der Waals surface area contributed by atoms with Gasteiger partial charge in [0.25, 0.3) is 5.91 Å². The molecule has 0 saturated heterocycles. The van der Waals surface area contributed by atoms with E-state index in [0.29, 0.717) is 17.1 Å². The lowest BCUT2D eigenvalue weighted by molar-refractivity contribution is -0.118. The highest BCUT2D eigenvalue weighted by Gasteiger charge is 2.23. The van der Waals surface area contributed by atoms with Gasteiger partial charge in [-0.15, -0.1) is 11.3 Å². The number of aromatic carboxylic acids is 1. The summed E-state index contributed by atoms with van der Waals surface area (Å²) in [6.45, 7) is 3.91. The zero-order valence-corrected chi connectivity index (χ0v) is 14.7. The van der Waals surface area contributed by atoms with Gasteiger partial charge < -0.3 is 15.7 Å². The van der Waals surface area contributed by atoms with E-state index < -0.39 is 17.9 Å². The summed E-state index contributed by atoms with van der Waals surface area (Å²) in [5, 5.41) is 16.5. The first-order chi connectivity index (χ1) is 11.9. The molecular weight excluding hydrogens is 342 g/mol. The van der Waals surface area contributed by atoms with E-state index in [1.165, 1.54) is 35.6 Å². The van der Waals surface area contributed by atoms with E-state index in [9.17, 15) is 14.4 Å². The quantitative estimate of drug-likeness (QED) is 0.702. The highest BCUT2D eigenvalue weighted by Crippen LogP contribution is 2.13. The summed E-state index contributed by atoms with van der Waals surface area (Å²) in [5.74, 6) is -1.63. The number of benzene rings is 1. The molecule has 0 aliphatic rings. The molecule has 3 N–H and O–H groups in total. The molecule has 25 heavy (non-hydrogen) atoms. The number of carbonyl (C=O) groups is 3. The first-order valence-electron chi connectivity index (χ1n) is 7.71. The summed E-state index contributed by atoms with van der Waals surface area (Å²) < 4.78 is 0. The van der Waals surface area contributed by atoms with Crippen molar-refractivity contribution in [2.75, 3.05) is 5.32 Å². The number of carbonyl (C=O) groups excluding carboxylic acids is 2. The number of aromatic nitrogens is 1. The summed E-state index contributed by atoms with van der Waals surface area (Å²) in [7, 11) is 0. The lowest BCUT2D eigenvalue weighted by atomic mass is 10.0. The number of hydrogen-bond acceptors (Lipinski definition) is 5. The molecular formula is C17H19N3O4S. The number of carboxylic acid groups (broad SMARTS) is 1. The van der Waals surface area contributed by atoms with Gasteiger partial charge in [0.2, 0.25) is 5.91 Å². The van der Waals surface area contributed by atoms with E-state index in [4.69, 9.17) is 5.11 Å². The molecule has 0 saturated carbocycles. The van der Waals surface area contributed by atoms with Crippen molar-refractivity contribution in [1.82, 2.24) is 10.3 Å². The third kappa shape index (κ3) is 5.39. The Morgan fingerprint density at radius 1 is 1.16 bits per heavy atom. The van der Waals surface area contributed by atoms with Crippen LogP contribution in [-0.4, -0.2) is 33.9 Å². The summed E-state index contributed by atoms with van der Waals surface area (Å²) in [5.41, 5.74) is 0.387. The van der Waals surface area contributed by atoms with Crippen molar-refractivity contribution < 1.29 is 19.5 Å². The Labute approximate surface area is 149 Å². The molecule has 2 amide bonds. The van der Waals surface area contributed by atoms with Crippen LogP contribution in [0.4, 0.5) is 5.13 Å². The highest BCUT2D eigenvalue weighted by molar-refractivity contribution is 7.13. The number of amides is 2. The number of anilines is 1. The lowest BCUT2D eigenvalue weighted by Crippen LogP contribution is -2.44. The molecule has 1 aromatic heterocycles. The van der Waals surface area contributed by atoms with Crippen LogP contribution in [0, 0.1) is 5.92 Å². The van der Waals surface area contributed by atoms with Gasteiger partial charge in [0, 0.05) is 17.1 Å². The Hall–Kier alpha value is -2.74. The van der Waals surface area contributed by atoms with Gasteiger partial charge in [0.15, 0.2) is 5.13 Å². The molecule has 0 aliphatic carbocycles. The third-order valence-corrected chi connectivity index (χ3v) is 4.07. The molecule has 1 aromatic carbocycles. The fraction of sp³-hybridized carbons (Fsp3) is 0.294. The van der Waals surface area contributed by atoms with Crippen molar-refractivity contribution >= 4 is 34.3 Å². The number of hydrogen-bond donors (Lipinski definition) is 3. The maximum absolute atomic E-state index is 12.4. The molecule has 8 heteroatoms. The van der Waals surface area contributed by atoms with Gasteiger partial charge in [-0.05, 0) is 36.6 Å². The summed E-state index contributed by atoms with van der Waals surface area (Å²) in [6.07, 6.45) is 2.05. The van der Waals surface area contributed by atoms with Gasteiger partial charge >= 0.3 is 5.97 Å². The van der Waals surface area contributed by atoms with Gasteiger partial charge in [-0.3, -0.25) is 9.59 Å². The maximum Gasteiger partial charge on any atom is 0.335 e. The van der Waals surface area contributed by atoms with Gasteiger partial charge in [-0.1, -0.05) is 13.8 Å². The first-order valence-corrected chi connectivity index (χ1v) is 8.59. The fourth-order valence-corrected chi connectivity index (χ4v) is 2.72. The molecule has 132 valence electrons. The molecule has 0 fully saturated rings. The highest BCUT2D eigenvalue weighted by atomic mass is 32.1. The number of nitrogens with one attached hydrogen (secondary N) is 2. The van der Waals surface area contributed by atoms with Crippen LogP contribution in [0.5, 0.6) is 0 Å². The zero-order chi connectivity index (χ0) is 18.4. The van der Waals surface area contributed by atoms with Gasteiger partial charge in [-0.25, -0.2) is 9.78 Å². The molecule has 2 aromatic rings. The van der Waals surface area contributed by atoms with Crippen molar-refractivity contribution in [3.8, 4) is 0 Å².